The van der Waals surface area contributed by atoms with Crippen molar-refractivity contribution in [2.75, 3.05) is 5.73 Å². The topological polar surface area (TPSA) is 43.1 Å². The van der Waals surface area contributed by atoms with Crippen LogP contribution >= 0.6 is 0 Å². The number of hydrogen-bond donors (Lipinski definition) is 1. The molecule has 4 aromatic carbocycles. The zero-order valence-corrected chi connectivity index (χ0v) is 15.7. The van der Waals surface area contributed by atoms with Gasteiger partial charge in [-0.2, -0.15) is 0 Å². The van der Waals surface area contributed by atoms with Gasteiger partial charge < -0.3 is 5.73 Å². The lowest BCUT2D eigenvalue weighted by molar-refractivity contribution is 0.101. The quantitative estimate of drug-likeness (QED) is 0.333. The number of hydrogen-bond acceptors (Lipinski definition) is 2. The van der Waals surface area contributed by atoms with Crippen LogP contribution in [0.15, 0.2) is 97.1 Å². The number of Topliss-reactive ketones (excluding diaryl/α,β-unsaturated/α-hetero) is 1. The molecule has 4 aromatic rings. The molecule has 0 heterocycles. The molecule has 0 aliphatic rings. The van der Waals surface area contributed by atoms with Crippen LogP contribution < -0.4 is 5.73 Å². The molecule has 0 atom stereocenters. The van der Waals surface area contributed by atoms with Crippen molar-refractivity contribution in [1.29, 1.82) is 0 Å². The molecule has 2 N–H and O–H groups in total. The number of anilines is 1. The second-order valence-electron chi connectivity index (χ2n) is 6.81. The monoisotopic (exact) mass is 363 g/mol. The van der Waals surface area contributed by atoms with E-state index in [0.717, 1.165) is 39.1 Å². The first-order chi connectivity index (χ1) is 13.6. The van der Waals surface area contributed by atoms with Crippen molar-refractivity contribution < 1.29 is 4.79 Å². The maximum absolute atomic E-state index is 11.6. The van der Waals surface area contributed by atoms with E-state index in [9.17, 15) is 4.79 Å². The number of nitrogens with two attached hydrogens (primary N) is 1. The highest BCUT2D eigenvalue weighted by Crippen LogP contribution is 2.41. The van der Waals surface area contributed by atoms with Crippen LogP contribution in [0.4, 0.5) is 5.69 Å². The third-order valence-electron chi connectivity index (χ3n) is 4.98. The van der Waals surface area contributed by atoms with Crippen LogP contribution in [0.5, 0.6) is 0 Å². The van der Waals surface area contributed by atoms with E-state index < -0.39 is 0 Å². The molecular formula is C26H21NO. The smallest absolute Gasteiger partial charge is 0.159 e. The molecule has 0 fully saturated rings. The normalized spacial score (nSPS) is 10.6. The highest BCUT2D eigenvalue weighted by atomic mass is 16.1. The van der Waals surface area contributed by atoms with Crippen LogP contribution in [0, 0.1) is 0 Å². The third kappa shape index (κ3) is 3.33. The molecule has 0 bridgehead atoms. The first-order valence-electron chi connectivity index (χ1n) is 9.30. The molecule has 0 unspecified atom stereocenters. The Hall–Kier alpha value is -3.65. The number of benzene rings is 4. The number of carbonyl (C=O) groups excluding carboxylic acids is 1. The number of ketones is 1. The molecule has 28 heavy (non-hydrogen) atoms. The molecule has 0 saturated carbocycles. The number of para-hydroxylation sites is 1. The highest BCUT2D eigenvalue weighted by Gasteiger charge is 2.15. The summed E-state index contributed by atoms with van der Waals surface area (Å²) in [4.78, 5) is 11.6. The average Bonchev–Trinajstić information content (AvgIpc) is 2.74. The molecule has 0 spiro atoms. The molecule has 0 aliphatic carbocycles. The lowest BCUT2D eigenvalue weighted by Gasteiger charge is -2.17. The molecule has 136 valence electrons. The van der Waals surface area contributed by atoms with Gasteiger partial charge in [0.1, 0.15) is 0 Å². The fourth-order valence-corrected chi connectivity index (χ4v) is 3.56. The Morgan fingerprint density at radius 3 is 1.89 bits per heavy atom. The first-order valence-corrected chi connectivity index (χ1v) is 9.30. The van der Waals surface area contributed by atoms with E-state index in [2.05, 4.69) is 36.4 Å². The van der Waals surface area contributed by atoms with Gasteiger partial charge in [-0.25, -0.2) is 0 Å². The lowest BCUT2D eigenvalue weighted by atomic mass is 9.87. The van der Waals surface area contributed by atoms with Gasteiger partial charge >= 0.3 is 0 Å². The molecule has 2 nitrogen and oxygen atoms in total. The zero-order chi connectivity index (χ0) is 19.5. The molecule has 0 aromatic heterocycles. The molecule has 0 saturated heterocycles. The maximum Gasteiger partial charge on any atom is 0.159 e. The third-order valence-corrected chi connectivity index (χ3v) is 4.98. The summed E-state index contributed by atoms with van der Waals surface area (Å²) in [5, 5.41) is 0. The minimum absolute atomic E-state index is 0.0700. The van der Waals surface area contributed by atoms with Crippen LogP contribution in [0.25, 0.3) is 33.4 Å². The van der Waals surface area contributed by atoms with Crippen molar-refractivity contribution in [3.05, 3.63) is 103 Å². The Morgan fingerprint density at radius 2 is 1.21 bits per heavy atom. The van der Waals surface area contributed by atoms with Gasteiger partial charge in [0.2, 0.25) is 0 Å². The van der Waals surface area contributed by atoms with Crippen LogP contribution in [-0.4, -0.2) is 5.78 Å². The van der Waals surface area contributed by atoms with Crippen molar-refractivity contribution >= 4 is 11.5 Å². The fraction of sp³-hybridized carbons (Fsp3) is 0.0385. The fourth-order valence-electron chi connectivity index (χ4n) is 3.56. The predicted molar refractivity (Wildman–Crippen MR) is 117 cm³/mol. The van der Waals surface area contributed by atoms with E-state index in [1.165, 1.54) is 0 Å². The lowest BCUT2D eigenvalue weighted by Crippen LogP contribution is -1.95. The average molecular weight is 363 g/mol. The summed E-state index contributed by atoms with van der Waals surface area (Å²) in [6.45, 7) is 1.59. The molecule has 2 heteroatoms. The van der Waals surface area contributed by atoms with Crippen molar-refractivity contribution in [3.63, 3.8) is 0 Å². The van der Waals surface area contributed by atoms with Gasteiger partial charge in [0, 0.05) is 16.8 Å². The summed E-state index contributed by atoms with van der Waals surface area (Å²) in [6.07, 6.45) is 0. The van der Waals surface area contributed by atoms with E-state index in [-0.39, 0.29) is 5.78 Å². The predicted octanol–water partition coefficient (Wildman–Crippen LogP) is 6.47. The first kappa shape index (κ1) is 17.7. The van der Waals surface area contributed by atoms with Crippen LogP contribution in [0.2, 0.25) is 0 Å². The molecule has 0 aliphatic heterocycles. The number of carbonyl (C=O) groups is 1. The Balaban J connectivity index is 1.98. The van der Waals surface area contributed by atoms with E-state index >= 15 is 0 Å². The molecule has 0 amide bonds. The van der Waals surface area contributed by atoms with Gasteiger partial charge in [-0.3, -0.25) is 4.79 Å². The Bertz CT molecular complexity index is 1130. The van der Waals surface area contributed by atoms with E-state index in [0.29, 0.717) is 5.56 Å². The highest BCUT2D eigenvalue weighted by molar-refractivity contribution is 5.98. The Morgan fingerprint density at radius 1 is 0.607 bits per heavy atom. The second-order valence-corrected chi connectivity index (χ2v) is 6.81. The van der Waals surface area contributed by atoms with Gasteiger partial charge in [-0.1, -0.05) is 91.0 Å². The van der Waals surface area contributed by atoms with Crippen molar-refractivity contribution in [2.45, 2.75) is 6.92 Å². The minimum Gasteiger partial charge on any atom is -0.398 e. The van der Waals surface area contributed by atoms with Gasteiger partial charge in [0.05, 0.1) is 0 Å². The summed E-state index contributed by atoms with van der Waals surface area (Å²) in [5.41, 5.74) is 14.3. The SMILES string of the molecule is CC(=O)c1ccc(-c2cccc(-c3ccccc3N)c2-c2ccccc2)cc1. The van der Waals surface area contributed by atoms with Crippen LogP contribution in [0.1, 0.15) is 17.3 Å². The summed E-state index contributed by atoms with van der Waals surface area (Å²) in [7, 11) is 0. The van der Waals surface area contributed by atoms with Gasteiger partial charge in [0.15, 0.2) is 5.78 Å². The number of rotatable bonds is 4. The van der Waals surface area contributed by atoms with Crippen molar-refractivity contribution in [1.82, 2.24) is 0 Å². The summed E-state index contributed by atoms with van der Waals surface area (Å²) >= 11 is 0. The second kappa shape index (κ2) is 7.53. The van der Waals surface area contributed by atoms with Gasteiger partial charge in [-0.05, 0) is 40.8 Å². The van der Waals surface area contributed by atoms with Crippen molar-refractivity contribution in [3.8, 4) is 33.4 Å². The van der Waals surface area contributed by atoms with E-state index in [4.69, 9.17) is 5.73 Å². The maximum atomic E-state index is 11.6. The van der Waals surface area contributed by atoms with Gasteiger partial charge in [0.25, 0.3) is 0 Å². The minimum atomic E-state index is 0.0700. The summed E-state index contributed by atoms with van der Waals surface area (Å²) in [5.74, 6) is 0.0700. The van der Waals surface area contributed by atoms with E-state index in [1.54, 1.807) is 6.92 Å². The van der Waals surface area contributed by atoms with E-state index in [1.807, 2.05) is 60.7 Å². The summed E-state index contributed by atoms with van der Waals surface area (Å²) in [6, 6.07) is 32.4. The Kier molecular flexibility index (Phi) is 4.77. The summed E-state index contributed by atoms with van der Waals surface area (Å²) < 4.78 is 0. The molecular weight excluding hydrogens is 342 g/mol. The zero-order valence-electron chi connectivity index (χ0n) is 15.7. The van der Waals surface area contributed by atoms with Gasteiger partial charge in [-0.15, -0.1) is 0 Å². The largest absolute Gasteiger partial charge is 0.398 e. The Labute approximate surface area is 165 Å². The molecule has 4 rings (SSSR count). The number of nitrogen functional groups attached to an aromatic ring is 1. The van der Waals surface area contributed by atoms with Crippen LogP contribution in [0.3, 0.4) is 0 Å². The van der Waals surface area contributed by atoms with Crippen molar-refractivity contribution in [2.24, 2.45) is 0 Å². The molecule has 0 radical (unpaired) electrons. The van der Waals surface area contributed by atoms with Crippen LogP contribution in [-0.2, 0) is 0 Å². The standard InChI is InChI=1S/C26H21NO/c1-18(28)19-14-16-20(17-15-19)22-11-7-12-24(23-10-5-6-13-25(23)27)26(22)21-8-3-2-4-9-21/h2-17H,27H2,1H3.